The topological polar surface area (TPSA) is 234 Å². The van der Waals surface area contributed by atoms with Crippen molar-refractivity contribution in [3.8, 4) is 39.2 Å². The minimum Gasteiger partial charge on any atom is -0.507 e. The van der Waals surface area contributed by atoms with Gasteiger partial charge < -0.3 is 59.6 Å². The van der Waals surface area contributed by atoms with Crippen molar-refractivity contribution in [3.63, 3.8) is 0 Å². The van der Waals surface area contributed by atoms with Crippen molar-refractivity contribution < 1.29 is 38.5 Å². The van der Waals surface area contributed by atoms with E-state index < -0.39 is 18.1 Å². The fourth-order valence-corrected chi connectivity index (χ4v) is 13.7. The molecule has 5 aliphatic heterocycles. The number of aryl methyl sites for hydroxylation is 1. The highest BCUT2D eigenvalue weighted by Crippen LogP contribution is 2.41. The number of aliphatic hydroxyl groups excluding tert-OH is 1. The number of aromatic hydroxyl groups is 1. The van der Waals surface area contributed by atoms with Crippen molar-refractivity contribution >= 4 is 40.3 Å². The lowest BCUT2D eigenvalue weighted by atomic mass is 9.91. The molecule has 5 saturated heterocycles. The van der Waals surface area contributed by atoms with Gasteiger partial charge in [0, 0.05) is 120 Å². The maximum Gasteiger partial charge on any atom is 0.254 e. The van der Waals surface area contributed by atoms with Crippen LogP contribution in [0.5, 0.6) is 17.5 Å². The Balaban J connectivity index is 0.545. The molecule has 6 fully saturated rings. The first-order chi connectivity index (χ1) is 39.3. The number of nitrogens with one attached hydrogen (secondary N) is 1. The molecule has 1 unspecified atom stereocenters. The Labute approximate surface area is 476 Å². The third kappa shape index (κ3) is 11.9. The van der Waals surface area contributed by atoms with E-state index in [0.717, 1.165) is 124 Å². The summed E-state index contributed by atoms with van der Waals surface area (Å²) < 4.78 is 25.0. The molecule has 1 saturated carbocycles. The molecule has 428 valence electrons. The number of nitrogens with two attached hydrogens (primary N) is 1. The average molecular weight is 1120 g/mol. The fraction of sp³-hybridized carbons (Fsp3) is 0.517. The highest BCUT2D eigenvalue weighted by molar-refractivity contribution is 7.13. The summed E-state index contributed by atoms with van der Waals surface area (Å²) in [4.78, 5) is 49.4. The van der Waals surface area contributed by atoms with Crippen LogP contribution in [-0.4, -0.2) is 170 Å². The van der Waals surface area contributed by atoms with E-state index in [4.69, 9.17) is 24.5 Å². The third-order valence-corrected chi connectivity index (χ3v) is 18.4. The zero-order chi connectivity index (χ0) is 55.9. The highest BCUT2D eigenvalue weighted by atomic mass is 32.1. The van der Waals surface area contributed by atoms with E-state index in [-0.39, 0.29) is 66.9 Å². The van der Waals surface area contributed by atoms with Crippen LogP contribution in [0, 0.1) is 12.8 Å². The van der Waals surface area contributed by atoms with Crippen LogP contribution in [0.1, 0.15) is 94.7 Å². The molecule has 2 aromatic carbocycles. The van der Waals surface area contributed by atoms with Crippen molar-refractivity contribution in [2.75, 3.05) is 74.4 Å². The molecule has 6 aromatic rings. The van der Waals surface area contributed by atoms with Crippen LogP contribution in [0.3, 0.4) is 0 Å². The number of pyridine rings is 1. The van der Waals surface area contributed by atoms with Crippen LogP contribution >= 0.6 is 11.3 Å². The van der Waals surface area contributed by atoms with Gasteiger partial charge in [0.15, 0.2) is 11.6 Å². The Morgan fingerprint density at radius 1 is 0.815 bits per heavy atom. The van der Waals surface area contributed by atoms with Gasteiger partial charge in [0.2, 0.25) is 17.7 Å². The number of rotatable bonds is 19. The van der Waals surface area contributed by atoms with Crippen molar-refractivity contribution in [2.24, 2.45) is 5.92 Å². The van der Waals surface area contributed by atoms with Gasteiger partial charge in [-0.2, -0.15) is 0 Å². The summed E-state index contributed by atoms with van der Waals surface area (Å²) in [5.41, 5.74) is 14.4. The van der Waals surface area contributed by atoms with Crippen molar-refractivity contribution in [2.45, 2.75) is 133 Å². The van der Waals surface area contributed by atoms with Crippen LogP contribution in [0.25, 0.3) is 21.7 Å². The number of piperazine rings is 1. The monoisotopic (exact) mass is 1120 g/mol. The number of ether oxygens (including phenoxy) is 3. The normalized spacial score (nSPS) is 24.2. The first-order valence-electron chi connectivity index (χ1n) is 28.9. The number of benzene rings is 2. The highest BCUT2D eigenvalue weighted by Gasteiger charge is 2.45. The Morgan fingerprint density at radius 2 is 1.56 bits per heavy atom. The number of likely N-dealkylation sites (tertiary alicyclic amines) is 3. The summed E-state index contributed by atoms with van der Waals surface area (Å²) in [6.07, 6.45) is 7.59. The van der Waals surface area contributed by atoms with Crippen molar-refractivity contribution in [1.82, 2.24) is 45.3 Å². The number of anilines is 3. The number of nitrogen functional groups attached to an aromatic ring is 1. The number of hydrogen-bond donors (Lipinski definition) is 4. The van der Waals surface area contributed by atoms with Crippen molar-refractivity contribution in [1.29, 1.82) is 0 Å². The number of β-amino-alcohol motifs (C(OH)–C–C–N with tert-alkyl or cyclic N) is 1. The lowest BCUT2D eigenvalue weighted by Crippen LogP contribution is -2.56. The average Bonchev–Trinajstić information content (AvgIpc) is 4.46. The van der Waals surface area contributed by atoms with Gasteiger partial charge in [-0.3, -0.25) is 14.5 Å². The van der Waals surface area contributed by atoms with E-state index in [9.17, 15) is 19.8 Å². The van der Waals surface area contributed by atoms with Gasteiger partial charge in [0.05, 0.1) is 51.8 Å². The smallest absolute Gasteiger partial charge is 0.254 e. The van der Waals surface area contributed by atoms with Gasteiger partial charge in [-0.25, -0.2) is 9.97 Å². The molecule has 1 aliphatic carbocycles. The Bertz CT molecular complexity index is 3140. The van der Waals surface area contributed by atoms with Gasteiger partial charge in [-0.05, 0) is 86.0 Å². The van der Waals surface area contributed by atoms with Crippen LogP contribution in [-0.2, 0) is 14.3 Å². The maximum atomic E-state index is 14.3. The quantitative estimate of drug-likeness (QED) is 0.0650. The lowest BCUT2D eigenvalue weighted by molar-refractivity contribution is -0.141. The molecule has 81 heavy (non-hydrogen) atoms. The van der Waals surface area contributed by atoms with E-state index >= 15 is 0 Å². The van der Waals surface area contributed by atoms with Crippen LogP contribution in [0.15, 0.2) is 89.0 Å². The van der Waals surface area contributed by atoms with Gasteiger partial charge >= 0.3 is 0 Å². The zero-order valence-corrected chi connectivity index (χ0v) is 47.4. The second kappa shape index (κ2) is 23.5. The summed E-state index contributed by atoms with van der Waals surface area (Å²) in [5.74, 6) is 0.463. The zero-order valence-electron chi connectivity index (χ0n) is 46.5. The first kappa shape index (κ1) is 54.7. The molecule has 2 bridgehead atoms. The van der Waals surface area contributed by atoms with Gasteiger partial charge in [-0.1, -0.05) is 50.2 Å². The number of phenols is 1. The molecule has 2 amide bonds. The van der Waals surface area contributed by atoms with Crippen LogP contribution < -0.4 is 30.3 Å². The maximum absolute atomic E-state index is 14.3. The van der Waals surface area contributed by atoms with E-state index in [0.29, 0.717) is 46.7 Å². The predicted molar refractivity (Wildman–Crippen MR) is 307 cm³/mol. The van der Waals surface area contributed by atoms with E-state index in [1.807, 2.05) is 81.9 Å². The minimum absolute atomic E-state index is 0.0377. The number of amides is 2. The number of aromatic nitrogens is 5. The summed E-state index contributed by atoms with van der Waals surface area (Å²) >= 11 is 1.59. The third-order valence-electron chi connectivity index (χ3n) is 17.4. The molecular weight excluding hydrogens is 1050 g/mol. The minimum atomic E-state index is -0.823. The molecule has 5 N–H and O–H groups in total. The Kier molecular flexibility index (Phi) is 15.9. The Hall–Kier alpha value is -6.91. The summed E-state index contributed by atoms with van der Waals surface area (Å²) in [5, 5.41) is 37.1. The summed E-state index contributed by atoms with van der Waals surface area (Å²) in [6, 6.07) is 22.5. The number of carbonyl (C=O) groups excluding carboxylic acids is 2. The van der Waals surface area contributed by atoms with Crippen LogP contribution in [0.2, 0.25) is 0 Å². The SMILES string of the molecule is Cc1ncsc1-c1ccc([C@H](C)NC(=O)[C@@H]2C[C@@H](O)CN2C(=O)[C@@H](c2cc(OC3CN(CCN4CCC(OC5CC(Oc6cc(N7C8CC[C@@H]7CN(c7cc(-c9ccccc9O)nnc7N)C8)ccn6)C5)CC4)C3)no2)C(C)C)cc1. The molecule has 21 heteroatoms. The molecule has 6 atom stereocenters. The molecule has 4 aromatic heterocycles. The largest absolute Gasteiger partial charge is 0.507 e. The van der Waals surface area contributed by atoms with E-state index in [1.54, 1.807) is 29.5 Å². The van der Waals surface area contributed by atoms with Crippen LogP contribution in [0.4, 0.5) is 17.2 Å². The number of piperidine rings is 1. The number of hydrogen-bond acceptors (Lipinski definition) is 19. The number of phenolic OH excluding ortho intramolecular Hbond substituents is 1. The summed E-state index contributed by atoms with van der Waals surface area (Å²) in [7, 11) is 0. The molecule has 20 nitrogen and oxygen atoms in total. The number of para-hydroxylation sites is 1. The first-order valence-corrected chi connectivity index (χ1v) is 29.7. The van der Waals surface area contributed by atoms with Crippen molar-refractivity contribution in [3.05, 3.63) is 102 Å². The van der Waals surface area contributed by atoms with E-state index in [1.165, 1.54) is 4.90 Å². The second-order valence-corrected chi connectivity index (χ2v) is 24.2. The van der Waals surface area contributed by atoms with Gasteiger partial charge in [-0.15, -0.1) is 21.5 Å². The molecular formula is C60H74N12O8S. The standard InChI is InChI=1S/C60H74N12O8S/c1-35(2)56(60(76)71-31-43(73)24-51(71)59(75)64-36(3)38-9-11-39(12-10-38)57-37(4)63-34-81-57)53-28-55(67-80-53)79-47-32-69(33-47)22-21-68-19-16-44(17-20-68)77-45-25-46(26-45)78-54-23-40(15-18-62-54)72-41-13-14-42(72)30-70(29-41)50-27-49(65-66-58(50)61)48-7-5-6-8-52(48)74/h5-12,15,18,23,27-28,34-36,41-47,51,56,73-74H,13-14,16-17,19-22,24-26,29-33H2,1-4H3,(H2,61,66)(H,64,75)/t36-,41+,42?,43+,45?,46?,51-,56+/m0/s1. The summed E-state index contributed by atoms with van der Waals surface area (Å²) in [6.45, 7) is 14.9. The molecule has 0 spiro atoms. The molecule has 12 rings (SSSR count). The molecule has 9 heterocycles. The number of aliphatic hydroxyl groups is 1. The van der Waals surface area contributed by atoms with E-state index in [2.05, 4.69) is 62.4 Å². The number of thiazole rings is 1. The number of fused-ring (bicyclic) bond motifs is 2. The number of nitrogens with zero attached hydrogens (tertiary/aromatic N) is 10. The van der Waals surface area contributed by atoms with Gasteiger partial charge in [0.1, 0.15) is 29.9 Å². The van der Waals surface area contributed by atoms with Gasteiger partial charge in [0.25, 0.3) is 5.88 Å². The fourth-order valence-electron chi connectivity index (χ4n) is 12.9. The second-order valence-electron chi connectivity index (χ2n) is 23.4. The Morgan fingerprint density at radius 3 is 2.28 bits per heavy atom. The molecule has 6 aliphatic rings. The lowest BCUT2D eigenvalue weighted by Gasteiger charge is -2.43. The molecule has 0 radical (unpaired) electrons. The predicted octanol–water partition coefficient (Wildman–Crippen LogP) is 6.84. The number of carbonyl (C=O) groups is 2.